The van der Waals surface area contributed by atoms with Gasteiger partial charge in [-0.2, -0.15) is 10.5 Å². The van der Waals surface area contributed by atoms with Gasteiger partial charge in [-0.25, -0.2) is 14.0 Å². The van der Waals surface area contributed by atoms with Crippen LogP contribution in [0.3, 0.4) is 0 Å². The van der Waals surface area contributed by atoms with Gasteiger partial charge in [-0.1, -0.05) is 0 Å². The van der Waals surface area contributed by atoms with Gasteiger partial charge in [0.2, 0.25) is 0 Å². The number of hydrogen-bond donors (Lipinski definition) is 1. The SMILES string of the molecule is Cc1cn([C@H]2C[C@@H](OP(OCCC#N)N(C(C)C)C(C)C)C3(COP(=O)(OCCC#N)OC3)O2)c(=O)[nH]c1=O. The third-order valence-corrected chi connectivity index (χ3v) is 9.63. The third-order valence-electron chi connectivity index (χ3n) is 6.11. The largest absolute Gasteiger partial charge is 0.475 e. The van der Waals surface area contributed by atoms with Crippen molar-refractivity contribution in [3.8, 4) is 12.1 Å². The fourth-order valence-corrected chi connectivity index (χ4v) is 7.39. The molecule has 0 saturated carbocycles. The van der Waals surface area contributed by atoms with Crippen LogP contribution in [0.25, 0.3) is 0 Å². The number of aryl methyl sites for hydroxylation is 1. The average molecular weight is 588 g/mol. The minimum absolute atomic E-state index is 0.00517. The molecule has 3 atom stereocenters. The Morgan fingerprint density at radius 3 is 2.38 bits per heavy atom. The summed E-state index contributed by atoms with van der Waals surface area (Å²) in [6.45, 7) is 9.09. The quantitative estimate of drug-likeness (QED) is 0.279. The summed E-state index contributed by atoms with van der Waals surface area (Å²) in [5, 5.41) is 17.8. The molecule has 1 unspecified atom stereocenters. The molecule has 0 bridgehead atoms. The van der Waals surface area contributed by atoms with Crippen molar-refractivity contribution in [3.63, 3.8) is 0 Å². The number of nitriles is 2. The van der Waals surface area contributed by atoms with E-state index in [2.05, 4.69) is 11.1 Å². The monoisotopic (exact) mass is 587 g/mol. The summed E-state index contributed by atoms with van der Waals surface area (Å²) in [6.07, 6.45) is 0.103. The Hall–Kier alpha value is -1.96. The van der Waals surface area contributed by atoms with Gasteiger partial charge in [-0.15, -0.1) is 0 Å². The maximum atomic E-state index is 12.9. The van der Waals surface area contributed by atoms with Crippen molar-refractivity contribution in [3.05, 3.63) is 32.6 Å². The number of H-pyrrole nitrogens is 1. The smallest absolute Gasteiger partial charge is 0.344 e. The maximum absolute atomic E-state index is 12.9. The van der Waals surface area contributed by atoms with Crippen LogP contribution in [0.1, 0.15) is 58.7 Å². The van der Waals surface area contributed by atoms with Gasteiger partial charge < -0.3 is 13.8 Å². The molecule has 0 aromatic carbocycles. The van der Waals surface area contributed by atoms with Crippen molar-refractivity contribution < 1.29 is 31.9 Å². The normalized spacial score (nSPS) is 27.7. The maximum Gasteiger partial charge on any atom is 0.475 e. The van der Waals surface area contributed by atoms with Crippen LogP contribution in [0.15, 0.2) is 15.8 Å². The first-order chi connectivity index (χ1) is 18.4. The van der Waals surface area contributed by atoms with E-state index >= 15 is 0 Å². The summed E-state index contributed by atoms with van der Waals surface area (Å²) in [4.78, 5) is 26.9. The van der Waals surface area contributed by atoms with Crippen molar-refractivity contribution in [2.24, 2.45) is 0 Å². The molecule has 16 heteroatoms. The molecule has 1 aromatic heterocycles. The average Bonchev–Trinajstić information content (AvgIpc) is 3.21. The van der Waals surface area contributed by atoms with Gasteiger partial charge in [0.1, 0.15) is 17.9 Å². The number of ether oxygens (including phenoxy) is 1. The van der Waals surface area contributed by atoms with Gasteiger partial charge in [-0.3, -0.25) is 27.9 Å². The highest BCUT2D eigenvalue weighted by Gasteiger charge is 2.57. The lowest BCUT2D eigenvalue weighted by molar-refractivity contribution is -0.163. The van der Waals surface area contributed by atoms with Crippen molar-refractivity contribution in [2.75, 3.05) is 26.4 Å². The number of phosphoric ester groups is 1. The number of aromatic amines is 1. The number of aromatic nitrogens is 2. The second-order valence-corrected chi connectivity index (χ2v) is 12.8. The Balaban J connectivity index is 1.94. The van der Waals surface area contributed by atoms with Crippen LogP contribution in [0.4, 0.5) is 0 Å². The summed E-state index contributed by atoms with van der Waals surface area (Å²) < 4.78 is 51.4. The molecule has 2 aliphatic heterocycles. The van der Waals surface area contributed by atoms with Gasteiger partial charge in [-0.05, 0) is 34.6 Å². The summed E-state index contributed by atoms with van der Waals surface area (Å²) in [6, 6.07) is 4.02. The minimum Gasteiger partial charge on any atom is -0.344 e. The lowest BCUT2D eigenvalue weighted by atomic mass is 9.99. The molecule has 216 valence electrons. The van der Waals surface area contributed by atoms with Gasteiger partial charge in [0, 0.05) is 30.3 Å². The van der Waals surface area contributed by atoms with E-state index in [-0.39, 0.29) is 57.8 Å². The molecule has 0 radical (unpaired) electrons. The third kappa shape index (κ3) is 7.62. The second kappa shape index (κ2) is 13.6. The van der Waals surface area contributed by atoms with E-state index in [0.29, 0.717) is 5.56 Å². The molecule has 0 aliphatic carbocycles. The Labute approximate surface area is 228 Å². The van der Waals surface area contributed by atoms with Gasteiger partial charge >= 0.3 is 13.5 Å². The van der Waals surface area contributed by atoms with E-state index in [4.69, 9.17) is 37.9 Å². The Morgan fingerprint density at radius 1 is 1.18 bits per heavy atom. The summed E-state index contributed by atoms with van der Waals surface area (Å²) in [5.41, 5.74) is -2.15. The van der Waals surface area contributed by atoms with Crippen LogP contribution < -0.4 is 11.2 Å². The van der Waals surface area contributed by atoms with E-state index in [1.165, 1.54) is 10.8 Å². The zero-order valence-corrected chi connectivity index (χ0v) is 24.5. The second-order valence-electron chi connectivity index (χ2n) is 9.73. The molecule has 1 spiro atoms. The molecule has 1 aromatic rings. The number of nitrogens with zero attached hydrogens (tertiary/aromatic N) is 4. The highest BCUT2D eigenvalue weighted by atomic mass is 31.2. The number of phosphoric acid groups is 1. The Kier molecular flexibility index (Phi) is 11.0. The summed E-state index contributed by atoms with van der Waals surface area (Å²) in [5.74, 6) is 0. The Bertz CT molecular complexity index is 1220. The molecule has 2 fully saturated rings. The summed E-state index contributed by atoms with van der Waals surface area (Å²) >= 11 is 0. The van der Waals surface area contributed by atoms with E-state index in [9.17, 15) is 14.2 Å². The van der Waals surface area contributed by atoms with Crippen LogP contribution >= 0.6 is 16.3 Å². The van der Waals surface area contributed by atoms with Crippen LogP contribution in [0.2, 0.25) is 0 Å². The highest BCUT2D eigenvalue weighted by Crippen LogP contribution is 2.58. The van der Waals surface area contributed by atoms with Crippen molar-refractivity contribution in [1.29, 1.82) is 10.5 Å². The molecule has 0 amide bonds. The molecular weight excluding hydrogens is 552 g/mol. The Morgan fingerprint density at radius 2 is 1.79 bits per heavy atom. The van der Waals surface area contributed by atoms with Gasteiger partial charge in [0.05, 0.1) is 51.4 Å². The zero-order valence-electron chi connectivity index (χ0n) is 22.7. The van der Waals surface area contributed by atoms with Crippen LogP contribution in [-0.2, 0) is 31.9 Å². The van der Waals surface area contributed by atoms with E-state index in [1.807, 2.05) is 38.4 Å². The molecule has 1 N–H and O–H groups in total. The number of rotatable bonds is 12. The van der Waals surface area contributed by atoms with Crippen LogP contribution in [-0.4, -0.2) is 64.4 Å². The zero-order chi connectivity index (χ0) is 28.8. The first kappa shape index (κ1) is 31.6. The standard InChI is InChI=1S/C23H35N5O9P2/c1-16(2)28(17(3)4)38(32-10-6-8-24)37-19-12-20(27-13-18(5)21(29)26-22(27)30)36-23(19)14-34-39(31,35-15-23)33-11-7-9-25/h13,16-17,19-20H,6-7,10-12,14-15H2,1-5H3,(H,26,29,30)/t19-,20-,23?,38?,39?/m1/s1. The topological polar surface area (TPSA) is 178 Å². The molecule has 2 saturated heterocycles. The lowest BCUT2D eigenvalue weighted by Crippen LogP contribution is -2.51. The molecular formula is C23H35N5O9P2. The van der Waals surface area contributed by atoms with E-state index in [1.54, 1.807) is 6.92 Å². The fourth-order valence-electron chi connectivity index (χ4n) is 4.29. The molecule has 3 heterocycles. The van der Waals surface area contributed by atoms with Crippen LogP contribution in [0, 0.1) is 29.6 Å². The van der Waals surface area contributed by atoms with Crippen molar-refractivity contribution >= 4 is 16.3 Å². The fraction of sp³-hybridized carbons (Fsp3) is 0.739. The minimum atomic E-state index is -3.95. The first-order valence-electron chi connectivity index (χ1n) is 12.6. The number of nitrogens with one attached hydrogen (secondary N) is 1. The van der Waals surface area contributed by atoms with Gasteiger partial charge in [0.25, 0.3) is 14.1 Å². The predicted octanol–water partition coefficient (Wildman–Crippen LogP) is 3.25. The molecule has 14 nitrogen and oxygen atoms in total. The summed E-state index contributed by atoms with van der Waals surface area (Å²) in [7, 11) is -5.65. The van der Waals surface area contributed by atoms with Crippen LogP contribution in [0.5, 0.6) is 0 Å². The molecule has 3 rings (SSSR count). The number of hydrogen-bond acceptors (Lipinski definition) is 12. The van der Waals surface area contributed by atoms with E-state index in [0.717, 1.165) is 0 Å². The van der Waals surface area contributed by atoms with E-state index < -0.39 is 45.5 Å². The predicted molar refractivity (Wildman–Crippen MR) is 139 cm³/mol. The molecule has 39 heavy (non-hydrogen) atoms. The van der Waals surface area contributed by atoms with Crippen molar-refractivity contribution in [1.82, 2.24) is 14.2 Å². The lowest BCUT2D eigenvalue weighted by Gasteiger charge is -2.42. The molecule has 2 aliphatic rings. The highest BCUT2D eigenvalue weighted by molar-refractivity contribution is 7.48. The van der Waals surface area contributed by atoms with Crippen molar-refractivity contribution in [2.45, 2.75) is 83.9 Å². The van der Waals surface area contributed by atoms with Gasteiger partial charge in [0.15, 0.2) is 0 Å². The first-order valence-corrected chi connectivity index (χ1v) is 15.2.